The van der Waals surface area contributed by atoms with E-state index < -0.39 is 0 Å². The first-order chi connectivity index (χ1) is 16.5. The Hall–Kier alpha value is -4.09. The summed E-state index contributed by atoms with van der Waals surface area (Å²) in [5.41, 5.74) is 1.38. The third kappa shape index (κ3) is 6.95. The standard InChI is InChI=1S/C26H28O8/c1-7-12-33-25-21(29-3)13-18(14-22(25)30-4)8-10-20(27)11-9-19-15-23(31-5)26(34-17-28-2)24(16-19)32-6/h1,8-11,13-16H,12,17H2,2-6H3/b10-8+,11-9+. The molecule has 34 heavy (non-hydrogen) atoms. The van der Waals surface area contributed by atoms with Gasteiger partial charge >= 0.3 is 0 Å². The predicted molar refractivity (Wildman–Crippen MR) is 129 cm³/mol. The van der Waals surface area contributed by atoms with E-state index >= 15 is 0 Å². The van der Waals surface area contributed by atoms with E-state index in [1.165, 1.54) is 47.7 Å². The molecule has 0 unspecified atom stereocenters. The molecule has 2 rings (SSSR count). The molecule has 0 spiro atoms. The molecular weight excluding hydrogens is 440 g/mol. The van der Waals surface area contributed by atoms with Gasteiger partial charge in [-0.1, -0.05) is 18.1 Å². The molecule has 0 radical (unpaired) electrons. The zero-order valence-electron chi connectivity index (χ0n) is 19.9. The fraction of sp³-hybridized carbons (Fsp3) is 0.269. The Bertz CT molecular complexity index is 1030. The van der Waals surface area contributed by atoms with E-state index in [4.69, 9.17) is 39.6 Å². The number of hydrogen-bond donors (Lipinski definition) is 0. The quantitative estimate of drug-likeness (QED) is 0.248. The Balaban J connectivity index is 2.23. The summed E-state index contributed by atoms with van der Waals surface area (Å²) in [7, 11) is 7.56. The van der Waals surface area contributed by atoms with Gasteiger partial charge in [-0.3, -0.25) is 4.79 Å². The average molecular weight is 469 g/mol. The van der Waals surface area contributed by atoms with Crippen molar-refractivity contribution in [3.63, 3.8) is 0 Å². The van der Waals surface area contributed by atoms with Crippen molar-refractivity contribution in [2.24, 2.45) is 0 Å². The molecule has 0 aliphatic rings. The molecule has 8 nitrogen and oxygen atoms in total. The lowest BCUT2D eigenvalue weighted by Crippen LogP contribution is -2.03. The Labute approximate surface area is 199 Å². The van der Waals surface area contributed by atoms with Gasteiger partial charge in [0.05, 0.1) is 28.4 Å². The third-order valence-electron chi connectivity index (χ3n) is 4.47. The second-order valence-corrected chi connectivity index (χ2v) is 6.62. The first kappa shape index (κ1) is 26.2. The molecule has 0 saturated carbocycles. The highest BCUT2D eigenvalue weighted by Crippen LogP contribution is 2.40. The first-order valence-electron chi connectivity index (χ1n) is 10.1. The molecule has 8 heteroatoms. The van der Waals surface area contributed by atoms with E-state index in [2.05, 4.69) is 5.92 Å². The third-order valence-corrected chi connectivity index (χ3v) is 4.47. The van der Waals surface area contributed by atoms with E-state index in [9.17, 15) is 4.79 Å². The van der Waals surface area contributed by atoms with Crippen molar-refractivity contribution in [3.05, 3.63) is 47.5 Å². The lowest BCUT2D eigenvalue weighted by Gasteiger charge is -2.14. The van der Waals surface area contributed by atoms with Crippen molar-refractivity contribution in [2.45, 2.75) is 0 Å². The van der Waals surface area contributed by atoms with E-state index in [-0.39, 0.29) is 19.2 Å². The lowest BCUT2D eigenvalue weighted by molar-refractivity contribution is -0.110. The second kappa shape index (κ2) is 13.5. The van der Waals surface area contributed by atoms with Crippen LogP contribution in [0.5, 0.6) is 34.5 Å². The predicted octanol–water partition coefficient (Wildman–Crippen LogP) is 4.01. The molecule has 0 saturated heterocycles. The second-order valence-electron chi connectivity index (χ2n) is 6.62. The Morgan fingerprint density at radius 3 is 1.53 bits per heavy atom. The molecule has 0 N–H and O–H groups in total. The number of carbonyl (C=O) groups excluding carboxylic acids is 1. The van der Waals surface area contributed by atoms with Crippen LogP contribution in [0.2, 0.25) is 0 Å². The van der Waals surface area contributed by atoms with Crippen LogP contribution in [0.15, 0.2) is 36.4 Å². The number of hydrogen-bond acceptors (Lipinski definition) is 8. The molecule has 0 bridgehead atoms. The number of rotatable bonds is 13. The van der Waals surface area contributed by atoms with Crippen LogP contribution in [0.25, 0.3) is 12.2 Å². The van der Waals surface area contributed by atoms with Crippen LogP contribution in [-0.2, 0) is 9.53 Å². The van der Waals surface area contributed by atoms with Crippen molar-refractivity contribution in [1.82, 2.24) is 0 Å². The minimum atomic E-state index is -0.233. The van der Waals surface area contributed by atoms with Gasteiger partial charge < -0.3 is 33.2 Å². The van der Waals surface area contributed by atoms with Gasteiger partial charge in [0.1, 0.15) is 6.61 Å². The van der Waals surface area contributed by atoms with Gasteiger partial charge in [-0.25, -0.2) is 0 Å². The monoisotopic (exact) mass is 468 g/mol. The number of ketones is 1. The number of methoxy groups -OCH3 is 5. The molecule has 0 aliphatic carbocycles. The van der Waals surface area contributed by atoms with Gasteiger partial charge in [0.2, 0.25) is 11.5 Å². The molecule has 2 aromatic carbocycles. The smallest absolute Gasteiger partial charge is 0.206 e. The van der Waals surface area contributed by atoms with E-state index in [1.54, 1.807) is 36.4 Å². The van der Waals surface area contributed by atoms with Gasteiger partial charge in [0.25, 0.3) is 0 Å². The van der Waals surface area contributed by atoms with Gasteiger partial charge in [-0.05, 0) is 47.5 Å². The minimum Gasteiger partial charge on any atom is -0.493 e. The number of carbonyl (C=O) groups is 1. The van der Waals surface area contributed by atoms with E-state index in [1.807, 2.05) is 0 Å². The normalized spacial score (nSPS) is 10.7. The zero-order valence-corrected chi connectivity index (χ0v) is 19.9. The van der Waals surface area contributed by atoms with Crippen molar-refractivity contribution in [2.75, 3.05) is 48.9 Å². The maximum Gasteiger partial charge on any atom is 0.206 e. The molecular formula is C26H28O8. The Kier molecular flexibility index (Phi) is 10.4. The number of allylic oxidation sites excluding steroid dienone is 2. The van der Waals surface area contributed by atoms with Crippen molar-refractivity contribution >= 4 is 17.9 Å². The highest BCUT2D eigenvalue weighted by atomic mass is 16.7. The summed E-state index contributed by atoms with van der Waals surface area (Å²) in [6.07, 6.45) is 11.4. The summed E-state index contributed by atoms with van der Waals surface area (Å²) in [4.78, 5) is 12.4. The summed E-state index contributed by atoms with van der Waals surface area (Å²) in [6, 6.07) is 6.89. The van der Waals surface area contributed by atoms with Gasteiger partial charge in [-0.2, -0.15) is 0 Å². The van der Waals surface area contributed by atoms with Gasteiger partial charge in [-0.15, -0.1) is 6.42 Å². The van der Waals surface area contributed by atoms with Crippen LogP contribution >= 0.6 is 0 Å². The lowest BCUT2D eigenvalue weighted by atomic mass is 10.1. The first-order valence-corrected chi connectivity index (χ1v) is 10.1. The fourth-order valence-electron chi connectivity index (χ4n) is 2.92. The summed E-state index contributed by atoms with van der Waals surface area (Å²) < 4.78 is 37.5. The van der Waals surface area contributed by atoms with Crippen LogP contribution in [0.1, 0.15) is 11.1 Å². The summed E-state index contributed by atoms with van der Waals surface area (Å²) in [5, 5.41) is 0. The van der Waals surface area contributed by atoms with Crippen LogP contribution < -0.4 is 28.4 Å². The van der Waals surface area contributed by atoms with E-state index in [0.717, 1.165) is 0 Å². The molecule has 0 aliphatic heterocycles. The maximum absolute atomic E-state index is 12.4. The van der Waals surface area contributed by atoms with Crippen LogP contribution in [0.4, 0.5) is 0 Å². The summed E-state index contributed by atoms with van der Waals surface area (Å²) in [6.45, 7) is 0.109. The molecule has 180 valence electrons. The molecule has 2 aromatic rings. The van der Waals surface area contributed by atoms with Crippen LogP contribution in [0.3, 0.4) is 0 Å². The highest BCUT2D eigenvalue weighted by molar-refractivity contribution is 6.04. The van der Waals surface area contributed by atoms with Crippen LogP contribution in [0, 0.1) is 12.3 Å². The maximum atomic E-state index is 12.4. The largest absolute Gasteiger partial charge is 0.493 e. The number of terminal acetylenes is 1. The van der Waals surface area contributed by atoms with Gasteiger partial charge in [0.15, 0.2) is 35.6 Å². The molecule has 0 amide bonds. The zero-order chi connectivity index (χ0) is 24.9. The highest BCUT2D eigenvalue weighted by Gasteiger charge is 2.14. The van der Waals surface area contributed by atoms with Crippen molar-refractivity contribution in [3.8, 4) is 46.8 Å². The molecule has 0 fully saturated rings. The van der Waals surface area contributed by atoms with Gasteiger partial charge in [0, 0.05) is 7.11 Å². The molecule has 0 heterocycles. The number of benzene rings is 2. The van der Waals surface area contributed by atoms with Crippen molar-refractivity contribution in [1.29, 1.82) is 0 Å². The minimum absolute atomic E-state index is 0.0395. The van der Waals surface area contributed by atoms with Crippen molar-refractivity contribution < 1.29 is 38.0 Å². The molecule has 0 aromatic heterocycles. The Morgan fingerprint density at radius 2 is 1.18 bits per heavy atom. The molecule has 0 atom stereocenters. The van der Waals surface area contributed by atoms with E-state index in [0.29, 0.717) is 45.6 Å². The fourth-order valence-corrected chi connectivity index (χ4v) is 2.92. The van der Waals surface area contributed by atoms with Crippen LogP contribution in [-0.4, -0.2) is 54.7 Å². The summed E-state index contributed by atoms with van der Waals surface area (Å²) in [5.74, 6) is 4.75. The Morgan fingerprint density at radius 1 is 0.765 bits per heavy atom. The number of ether oxygens (including phenoxy) is 7. The summed E-state index contributed by atoms with van der Waals surface area (Å²) >= 11 is 0. The SMILES string of the molecule is C#CCOc1c(OC)cc(/C=C/C(=O)/C=C/c2cc(OC)c(OCOC)c(OC)c2)cc1OC. The topological polar surface area (TPSA) is 81.7 Å². The average Bonchev–Trinajstić information content (AvgIpc) is 2.87.